The van der Waals surface area contributed by atoms with Gasteiger partial charge in [0.2, 0.25) is 0 Å². The summed E-state index contributed by atoms with van der Waals surface area (Å²) in [7, 11) is 5.83. The summed E-state index contributed by atoms with van der Waals surface area (Å²) in [4.78, 5) is 0. The Morgan fingerprint density at radius 2 is 0.680 bits per heavy atom. The molecule has 0 aromatic rings. The highest BCUT2D eigenvalue weighted by Crippen LogP contribution is 2.61. The molecule has 0 spiro atoms. The molecule has 146 valence electrons. The average molecular weight is 371 g/mol. The standard InChI is InChI=1S/C21H39O3P/c1-22-16-4-10-19(11-5-16)25(20-12-6-17(23-2)7-13-20)21-14-8-18(24-3)9-15-21/h16-21H,4-15H2,1-3H3. The molecule has 0 bridgehead atoms. The molecule has 3 nitrogen and oxygen atoms in total. The summed E-state index contributed by atoms with van der Waals surface area (Å²) in [5, 5.41) is 0. The van der Waals surface area contributed by atoms with Crippen molar-refractivity contribution in [3.8, 4) is 0 Å². The Morgan fingerprint density at radius 3 is 0.880 bits per heavy atom. The molecule has 3 rings (SSSR count). The zero-order valence-electron chi connectivity index (χ0n) is 16.6. The van der Waals surface area contributed by atoms with E-state index in [2.05, 4.69) is 0 Å². The van der Waals surface area contributed by atoms with Gasteiger partial charge >= 0.3 is 0 Å². The van der Waals surface area contributed by atoms with Crippen molar-refractivity contribution in [1.29, 1.82) is 0 Å². The predicted molar refractivity (Wildman–Crippen MR) is 106 cm³/mol. The molecule has 0 atom stereocenters. The van der Waals surface area contributed by atoms with Crippen molar-refractivity contribution in [1.82, 2.24) is 0 Å². The fraction of sp³-hybridized carbons (Fsp3) is 1.00. The van der Waals surface area contributed by atoms with E-state index < -0.39 is 0 Å². The molecule has 25 heavy (non-hydrogen) atoms. The molecule has 0 amide bonds. The number of ether oxygens (including phenoxy) is 3. The molecule has 3 saturated carbocycles. The van der Waals surface area contributed by atoms with E-state index in [-0.39, 0.29) is 7.92 Å². The third-order valence-corrected chi connectivity index (χ3v) is 11.3. The lowest BCUT2D eigenvalue weighted by atomic mass is 9.96. The lowest BCUT2D eigenvalue weighted by Gasteiger charge is -2.46. The smallest absolute Gasteiger partial charge is 0.0571 e. The molecule has 0 aromatic heterocycles. The topological polar surface area (TPSA) is 27.7 Å². The second kappa shape index (κ2) is 10.0. The molecule has 0 radical (unpaired) electrons. The van der Waals surface area contributed by atoms with Gasteiger partial charge in [0.25, 0.3) is 0 Å². The Morgan fingerprint density at radius 1 is 0.440 bits per heavy atom. The molecular weight excluding hydrogens is 331 g/mol. The van der Waals surface area contributed by atoms with Crippen LogP contribution in [0, 0.1) is 0 Å². The zero-order chi connectivity index (χ0) is 17.6. The van der Waals surface area contributed by atoms with Gasteiger partial charge < -0.3 is 14.2 Å². The summed E-state index contributed by atoms with van der Waals surface area (Å²) in [6.45, 7) is 0. The van der Waals surface area contributed by atoms with Gasteiger partial charge in [0.05, 0.1) is 18.3 Å². The van der Waals surface area contributed by atoms with Gasteiger partial charge in [-0.1, -0.05) is 7.92 Å². The first-order chi connectivity index (χ1) is 12.2. The minimum atomic E-state index is 0.146. The van der Waals surface area contributed by atoms with Crippen molar-refractivity contribution in [3.63, 3.8) is 0 Å². The van der Waals surface area contributed by atoms with Crippen molar-refractivity contribution < 1.29 is 14.2 Å². The summed E-state index contributed by atoms with van der Waals surface area (Å²) >= 11 is 0. The lowest BCUT2D eigenvalue weighted by Crippen LogP contribution is -2.34. The molecule has 4 heteroatoms. The van der Waals surface area contributed by atoms with Crippen molar-refractivity contribution in [2.75, 3.05) is 21.3 Å². The number of methoxy groups -OCH3 is 3. The Kier molecular flexibility index (Phi) is 8.04. The fourth-order valence-corrected chi connectivity index (χ4v) is 10.1. The van der Waals surface area contributed by atoms with Gasteiger partial charge in [-0.25, -0.2) is 0 Å². The average Bonchev–Trinajstić information content (AvgIpc) is 2.70. The second-order valence-corrected chi connectivity index (χ2v) is 11.5. The Balaban J connectivity index is 1.64. The minimum Gasteiger partial charge on any atom is -0.381 e. The highest BCUT2D eigenvalue weighted by Gasteiger charge is 2.40. The highest BCUT2D eigenvalue weighted by atomic mass is 31.1. The van der Waals surface area contributed by atoms with Crippen molar-refractivity contribution in [3.05, 3.63) is 0 Å². The van der Waals surface area contributed by atoms with Crippen LogP contribution in [0.25, 0.3) is 0 Å². The maximum atomic E-state index is 5.64. The molecule has 0 aromatic carbocycles. The number of hydrogen-bond donors (Lipinski definition) is 0. The van der Waals surface area contributed by atoms with Gasteiger partial charge in [-0.05, 0) is 94.0 Å². The van der Waals surface area contributed by atoms with Gasteiger partial charge in [0, 0.05) is 21.3 Å². The van der Waals surface area contributed by atoms with Crippen molar-refractivity contribution >= 4 is 7.92 Å². The van der Waals surface area contributed by atoms with Crippen LogP contribution in [-0.4, -0.2) is 56.6 Å². The predicted octanol–water partition coefficient (Wildman–Crippen LogP) is 5.34. The summed E-state index contributed by atoms with van der Waals surface area (Å²) in [6, 6.07) is 0. The number of hydrogen-bond acceptors (Lipinski definition) is 3. The van der Waals surface area contributed by atoms with Gasteiger partial charge in [-0.2, -0.15) is 0 Å². The minimum absolute atomic E-state index is 0.146. The first-order valence-corrected chi connectivity index (χ1v) is 12.2. The van der Waals surface area contributed by atoms with E-state index in [1.54, 1.807) is 0 Å². The Labute approximate surface area is 156 Å². The first kappa shape index (κ1) is 20.1. The van der Waals surface area contributed by atoms with E-state index in [0.29, 0.717) is 18.3 Å². The molecule has 0 aliphatic heterocycles. The molecule has 0 saturated heterocycles. The van der Waals surface area contributed by atoms with E-state index in [4.69, 9.17) is 14.2 Å². The molecule has 3 fully saturated rings. The van der Waals surface area contributed by atoms with E-state index in [1.165, 1.54) is 77.0 Å². The van der Waals surface area contributed by atoms with Gasteiger partial charge in [0.15, 0.2) is 0 Å². The van der Waals surface area contributed by atoms with Crippen LogP contribution >= 0.6 is 7.92 Å². The summed E-state index contributed by atoms with van der Waals surface area (Å²) in [5.74, 6) is 0. The SMILES string of the molecule is COC1CCC(P(C2CCC(OC)CC2)C2CCC(OC)CC2)CC1. The van der Waals surface area contributed by atoms with Crippen LogP contribution in [0.3, 0.4) is 0 Å². The number of rotatable bonds is 6. The van der Waals surface area contributed by atoms with Crippen molar-refractivity contribution in [2.24, 2.45) is 0 Å². The molecular formula is C21H39O3P. The van der Waals surface area contributed by atoms with E-state index in [0.717, 1.165) is 17.0 Å². The maximum Gasteiger partial charge on any atom is 0.0571 e. The first-order valence-electron chi connectivity index (χ1n) is 10.6. The highest BCUT2D eigenvalue weighted by molar-refractivity contribution is 7.60. The summed E-state index contributed by atoms with van der Waals surface area (Å²) in [6.07, 6.45) is 17.8. The second-order valence-electron chi connectivity index (χ2n) is 8.45. The van der Waals surface area contributed by atoms with E-state index in [9.17, 15) is 0 Å². The largest absolute Gasteiger partial charge is 0.381 e. The van der Waals surface area contributed by atoms with E-state index in [1.807, 2.05) is 21.3 Å². The molecule has 0 unspecified atom stereocenters. The molecule has 3 aliphatic carbocycles. The fourth-order valence-electron chi connectivity index (χ4n) is 5.63. The Bertz CT molecular complexity index is 310. The Hall–Kier alpha value is 0.310. The maximum absolute atomic E-state index is 5.64. The van der Waals surface area contributed by atoms with Crippen LogP contribution in [0.1, 0.15) is 77.0 Å². The normalized spacial score (nSPS) is 41.4. The monoisotopic (exact) mass is 370 g/mol. The van der Waals surface area contributed by atoms with Crippen LogP contribution < -0.4 is 0 Å². The van der Waals surface area contributed by atoms with Crippen LogP contribution in [0.4, 0.5) is 0 Å². The summed E-state index contributed by atoms with van der Waals surface area (Å²) in [5.41, 5.74) is 2.98. The third kappa shape index (κ3) is 5.18. The molecule has 3 aliphatic rings. The summed E-state index contributed by atoms with van der Waals surface area (Å²) < 4.78 is 16.9. The van der Waals surface area contributed by atoms with E-state index >= 15 is 0 Å². The van der Waals surface area contributed by atoms with Crippen LogP contribution in [0.15, 0.2) is 0 Å². The molecule has 0 N–H and O–H groups in total. The van der Waals surface area contributed by atoms with Crippen LogP contribution in [0.5, 0.6) is 0 Å². The van der Waals surface area contributed by atoms with Gasteiger partial charge in [-0.3, -0.25) is 0 Å². The van der Waals surface area contributed by atoms with Crippen LogP contribution in [-0.2, 0) is 14.2 Å². The van der Waals surface area contributed by atoms with Gasteiger partial charge in [0.1, 0.15) is 0 Å². The quantitative estimate of drug-likeness (QED) is 0.591. The molecule has 0 heterocycles. The zero-order valence-corrected chi connectivity index (χ0v) is 17.5. The van der Waals surface area contributed by atoms with Crippen LogP contribution in [0.2, 0.25) is 0 Å². The lowest BCUT2D eigenvalue weighted by molar-refractivity contribution is 0.0671. The van der Waals surface area contributed by atoms with Crippen molar-refractivity contribution in [2.45, 2.75) is 112 Å². The third-order valence-electron chi connectivity index (χ3n) is 7.20. The van der Waals surface area contributed by atoms with Gasteiger partial charge in [-0.15, -0.1) is 0 Å².